The van der Waals surface area contributed by atoms with E-state index in [0.717, 1.165) is 11.8 Å². The van der Waals surface area contributed by atoms with Gasteiger partial charge in [-0.15, -0.1) is 0 Å². The third-order valence-electron chi connectivity index (χ3n) is 2.76. The van der Waals surface area contributed by atoms with Crippen LogP contribution in [0.25, 0.3) is 0 Å². The Morgan fingerprint density at radius 1 is 1.36 bits per heavy atom. The lowest BCUT2D eigenvalue weighted by Gasteiger charge is -2.28. The van der Waals surface area contributed by atoms with Crippen molar-refractivity contribution in [2.24, 2.45) is 0 Å². The maximum atomic E-state index is 3.61. The summed E-state index contributed by atoms with van der Waals surface area (Å²) < 4.78 is 0. The van der Waals surface area contributed by atoms with E-state index in [2.05, 4.69) is 55.2 Å². The first-order valence-electron chi connectivity index (χ1n) is 5.18. The van der Waals surface area contributed by atoms with Crippen LogP contribution >= 0.6 is 11.8 Å². The number of hydrogen-bond acceptors (Lipinski definition) is 2. The van der Waals surface area contributed by atoms with Crippen molar-refractivity contribution in [2.45, 2.75) is 25.1 Å². The molecular weight excluding hydrogens is 190 g/mol. The van der Waals surface area contributed by atoms with Crippen LogP contribution in [0.3, 0.4) is 0 Å². The predicted octanol–water partition coefficient (Wildman–Crippen LogP) is 2.76. The first kappa shape index (κ1) is 10.1. The molecule has 1 N–H and O–H groups in total. The average Bonchev–Trinajstić information content (AvgIpc) is 2.20. The molecule has 2 unspecified atom stereocenters. The van der Waals surface area contributed by atoms with Gasteiger partial charge in [0.2, 0.25) is 0 Å². The van der Waals surface area contributed by atoms with Gasteiger partial charge in [0, 0.05) is 23.6 Å². The molecule has 0 aliphatic carbocycles. The number of hydrogen-bond donors (Lipinski definition) is 1. The molecule has 0 bridgehead atoms. The minimum Gasteiger partial charge on any atom is -0.308 e. The van der Waals surface area contributed by atoms with Gasteiger partial charge in [-0.3, -0.25) is 0 Å². The van der Waals surface area contributed by atoms with E-state index in [1.165, 1.54) is 16.9 Å². The Morgan fingerprint density at radius 3 is 2.79 bits per heavy atom. The maximum Gasteiger partial charge on any atom is 0.0414 e. The zero-order valence-corrected chi connectivity index (χ0v) is 9.60. The van der Waals surface area contributed by atoms with Crippen molar-refractivity contribution in [1.82, 2.24) is 5.32 Å². The Kier molecular flexibility index (Phi) is 3.14. The summed E-state index contributed by atoms with van der Waals surface area (Å²) in [6.45, 7) is 5.61. The first-order chi connectivity index (χ1) is 6.77. The molecule has 1 fully saturated rings. The molecule has 1 aromatic rings. The molecule has 1 saturated heterocycles. The summed E-state index contributed by atoms with van der Waals surface area (Å²) in [5.41, 5.74) is 2.87. The van der Waals surface area contributed by atoms with Crippen molar-refractivity contribution in [1.29, 1.82) is 0 Å². The number of thioether (sulfide) groups is 1. The van der Waals surface area contributed by atoms with Crippen molar-refractivity contribution < 1.29 is 0 Å². The molecule has 1 nitrogen and oxygen atoms in total. The van der Waals surface area contributed by atoms with Crippen LogP contribution in [-0.4, -0.2) is 17.5 Å². The lowest BCUT2D eigenvalue weighted by molar-refractivity contribution is 0.561. The summed E-state index contributed by atoms with van der Waals surface area (Å²) in [7, 11) is 0. The highest BCUT2D eigenvalue weighted by molar-refractivity contribution is 8.00. The van der Waals surface area contributed by atoms with E-state index in [1.54, 1.807) is 0 Å². The molecule has 1 aliphatic heterocycles. The summed E-state index contributed by atoms with van der Waals surface area (Å²) in [6, 6.07) is 9.23. The van der Waals surface area contributed by atoms with Crippen LogP contribution in [0.1, 0.15) is 24.1 Å². The SMILES string of the molecule is Cc1ccccc1C1CSC(C)CN1. The van der Waals surface area contributed by atoms with E-state index >= 15 is 0 Å². The van der Waals surface area contributed by atoms with Crippen LogP contribution in [0.4, 0.5) is 0 Å². The fourth-order valence-corrected chi connectivity index (χ4v) is 2.90. The Bertz CT molecular complexity index is 303. The molecule has 0 saturated carbocycles. The van der Waals surface area contributed by atoms with Crippen molar-refractivity contribution >= 4 is 11.8 Å². The third-order valence-corrected chi connectivity index (χ3v) is 4.02. The summed E-state index contributed by atoms with van der Waals surface area (Å²) in [5, 5.41) is 4.36. The molecule has 14 heavy (non-hydrogen) atoms. The van der Waals surface area contributed by atoms with Crippen molar-refractivity contribution in [3.63, 3.8) is 0 Å². The van der Waals surface area contributed by atoms with E-state index in [0.29, 0.717) is 6.04 Å². The van der Waals surface area contributed by atoms with Crippen LogP contribution in [0.2, 0.25) is 0 Å². The lowest BCUT2D eigenvalue weighted by atomic mass is 10.0. The standard InChI is InChI=1S/C12H17NS/c1-9-5-3-4-6-11(9)12-8-14-10(2)7-13-12/h3-6,10,12-13H,7-8H2,1-2H3. The molecule has 76 valence electrons. The molecule has 2 heteroatoms. The number of aryl methyl sites for hydroxylation is 1. The number of nitrogens with one attached hydrogen (secondary N) is 1. The van der Waals surface area contributed by atoms with E-state index < -0.39 is 0 Å². The molecule has 2 rings (SSSR count). The first-order valence-corrected chi connectivity index (χ1v) is 6.23. The number of rotatable bonds is 1. The second kappa shape index (κ2) is 4.37. The average molecular weight is 207 g/mol. The van der Waals surface area contributed by atoms with Gasteiger partial charge >= 0.3 is 0 Å². The van der Waals surface area contributed by atoms with Gasteiger partial charge in [0.05, 0.1) is 0 Å². The minimum atomic E-state index is 0.553. The third kappa shape index (κ3) is 2.12. The Labute approximate surface area is 90.3 Å². The summed E-state index contributed by atoms with van der Waals surface area (Å²) in [5.74, 6) is 1.20. The van der Waals surface area contributed by atoms with Gasteiger partial charge in [0.25, 0.3) is 0 Å². The van der Waals surface area contributed by atoms with Crippen LogP contribution in [0.5, 0.6) is 0 Å². The Hall–Kier alpha value is -0.470. The van der Waals surface area contributed by atoms with Gasteiger partial charge in [-0.05, 0) is 18.1 Å². The summed E-state index contributed by atoms with van der Waals surface area (Å²) in [6.07, 6.45) is 0. The van der Waals surface area contributed by atoms with Gasteiger partial charge in [-0.1, -0.05) is 31.2 Å². The molecule has 1 aromatic carbocycles. The molecule has 1 heterocycles. The highest BCUT2D eigenvalue weighted by Crippen LogP contribution is 2.27. The van der Waals surface area contributed by atoms with Crippen LogP contribution in [-0.2, 0) is 0 Å². The van der Waals surface area contributed by atoms with Gasteiger partial charge < -0.3 is 5.32 Å². The molecule has 0 spiro atoms. The van der Waals surface area contributed by atoms with Crippen LogP contribution < -0.4 is 5.32 Å². The van der Waals surface area contributed by atoms with Gasteiger partial charge in [-0.25, -0.2) is 0 Å². The van der Waals surface area contributed by atoms with Gasteiger partial charge in [0.1, 0.15) is 0 Å². The van der Waals surface area contributed by atoms with E-state index in [1.807, 2.05) is 0 Å². The maximum absolute atomic E-state index is 3.61. The molecule has 0 amide bonds. The Morgan fingerprint density at radius 2 is 2.14 bits per heavy atom. The van der Waals surface area contributed by atoms with Gasteiger partial charge in [-0.2, -0.15) is 11.8 Å². The van der Waals surface area contributed by atoms with E-state index in [4.69, 9.17) is 0 Å². The molecule has 0 aromatic heterocycles. The highest BCUT2D eigenvalue weighted by atomic mass is 32.2. The lowest BCUT2D eigenvalue weighted by Crippen LogP contribution is -2.34. The molecule has 1 aliphatic rings. The second-order valence-corrected chi connectivity index (χ2v) is 5.43. The Balaban J connectivity index is 2.12. The quantitative estimate of drug-likeness (QED) is 0.760. The van der Waals surface area contributed by atoms with Crippen molar-refractivity contribution in [3.8, 4) is 0 Å². The highest BCUT2D eigenvalue weighted by Gasteiger charge is 2.19. The monoisotopic (exact) mass is 207 g/mol. The zero-order valence-electron chi connectivity index (χ0n) is 8.79. The minimum absolute atomic E-state index is 0.553. The van der Waals surface area contributed by atoms with E-state index in [-0.39, 0.29) is 0 Å². The van der Waals surface area contributed by atoms with Gasteiger partial charge in [0.15, 0.2) is 0 Å². The number of benzene rings is 1. The fraction of sp³-hybridized carbons (Fsp3) is 0.500. The van der Waals surface area contributed by atoms with Crippen LogP contribution in [0.15, 0.2) is 24.3 Å². The summed E-state index contributed by atoms with van der Waals surface area (Å²) in [4.78, 5) is 0. The van der Waals surface area contributed by atoms with Crippen LogP contribution in [0, 0.1) is 6.92 Å². The van der Waals surface area contributed by atoms with Crippen molar-refractivity contribution in [3.05, 3.63) is 35.4 Å². The molecule has 0 radical (unpaired) electrons. The molecule has 2 atom stereocenters. The van der Waals surface area contributed by atoms with Crippen molar-refractivity contribution in [2.75, 3.05) is 12.3 Å². The normalized spacial score (nSPS) is 27.6. The zero-order chi connectivity index (χ0) is 9.97. The fourth-order valence-electron chi connectivity index (χ4n) is 1.86. The topological polar surface area (TPSA) is 12.0 Å². The van der Waals surface area contributed by atoms with E-state index in [9.17, 15) is 0 Å². The smallest absolute Gasteiger partial charge is 0.0414 e. The predicted molar refractivity (Wildman–Crippen MR) is 63.8 cm³/mol. The summed E-state index contributed by atoms with van der Waals surface area (Å²) >= 11 is 2.07. The largest absolute Gasteiger partial charge is 0.308 e. The molecular formula is C12H17NS. The second-order valence-electron chi connectivity index (χ2n) is 3.96.